The Morgan fingerprint density at radius 1 is 1.44 bits per heavy atom. The molecule has 0 amide bonds. The number of nitrogens with zero attached hydrogens (tertiary/aromatic N) is 3. The summed E-state index contributed by atoms with van der Waals surface area (Å²) in [4.78, 5) is 0. The SMILES string of the molecule is Cc1ccc(Br)c(-n2cc(CNC3CC3)nn2)c1. The molecule has 18 heavy (non-hydrogen) atoms. The standard InChI is InChI=1S/C13H15BrN4/c1-9-2-5-12(14)13(6-9)18-8-11(16-17-18)7-15-10-3-4-10/h2,5-6,8,10,15H,3-4,7H2,1H3. The second-order valence-corrected chi connectivity index (χ2v) is 5.62. The first-order valence-electron chi connectivity index (χ1n) is 6.13. The summed E-state index contributed by atoms with van der Waals surface area (Å²) in [6.07, 6.45) is 4.56. The smallest absolute Gasteiger partial charge is 0.0969 e. The van der Waals surface area contributed by atoms with Crippen LogP contribution in [0.5, 0.6) is 0 Å². The number of hydrogen-bond acceptors (Lipinski definition) is 3. The maximum atomic E-state index is 4.19. The molecule has 0 unspecified atom stereocenters. The molecule has 0 spiro atoms. The van der Waals surface area contributed by atoms with Crippen LogP contribution in [-0.4, -0.2) is 21.0 Å². The third-order valence-electron chi connectivity index (χ3n) is 3.04. The van der Waals surface area contributed by atoms with Gasteiger partial charge in [0.25, 0.3) is 0 Å². The van der Waals surface area contributed by atoms with Crippen molar-refractivity contribution in [1.82, 2.24) is 20.3 Å². The highest BCUT2D eigenvalue weighted by Crippen LogP contribution is 2.22. The lowest BCUT2D eigenvalue weighted by molar-refractivity contribution is 0.671. The maximum absolute atomic E-state index is 4.19. The fraction of sp³-hybridized carbons (Fsp3) is 0.385. The van der Waals surface area contributed by atoms with Gasteiger partial charge in [0.1, 0.15) is 0 Å². The first kappa shape index (κ1) is 11.9. The third kappa shape index (κ3) is 2.62. The van der Waals surface area contributed by atoms with Gasteiger partial charge in [-0.05, 0) is 53.4 Å². The predicted octanol–water partition coefficient (Wildman–Crippen LogP) is 2.59. The Morgan fingerprint density at radius 3 is 3.06 bits per heavy atom. The number of benzene rings is 1. The Balaban J connectivity index is 1.80. The largest absolute Gasteiger partial charge is 0.308 e. The van der Waals surface area contributed by atoms with Crippen LogP contribution in [-0.2, 0) is 6.54 Å². The molecule has 0 radical (unpaired) electrons. The normalized spacial score (nSPS) is 15.0. The summed E-state index contributed by atoms with van der Waals surface area (Å²) in [5.41, 5.74) is 3.22. The lowest BCUT2D eigenvalue weighted by Crippen LogP contribution is -2.15. The van der Waals surface area contributed by atoms with E-state index >= 15 is 0 Å². The number of aromatic nitrogens is 3. The van der Waals surface area contributed by atoms with E-state index in [9.17, 15) is 0 Å². The second-order valence-electron chi connectivity index (χ2n) is 4.76. The maximum Gasteiger partial charge on any atom is 0.0969 e. The molecule has 5 heteroatoms. The summed E-state index contributed by atoms with van der Waals surface area (Å²) in [5, 5.41) is 11.8. The fourth-order valence-corrected chi connectivity index (χ4v) is 2.26. The molecule has 0 aliphatic heterocycles. The molecule has 1 saturated carbocycles. The van der Waals surface area contributed by atoms with Crippen LogP contribution in [0.3, 0.4) is 0 Å². The molecular weight excluding hydrogens is 292 g/mol. The van der Waals surface area contributed by atoms with Gasteiger partial charge in [-0.2, -0.15) is 0 Å². The van der Waals surface area contributed by atoms with E-state index in [0.29, 0.717) is 6.04 Å². The van der Waals surface area contributed by atoms with Crippen molar-refractivity contribution >= 4 is 15.9 Å². The monoisotopic (exact) mass is 306 g/mol. The van der Waals surface area contributed by atoms with Crippen molar-refractivity contribution in [2.75, 3.05) is 0 Å². The van der Waals surface area contributed by atoms with Gasteiger partial charge in [0, 0.05) is 17.1 Å². The van der Waals surface area contributed by atoms with E-state index in [1.54, 1.807) is 0 Å². The van der Waals surface area contributed by atoms with Gasteiger partial charge < -0.3 is 5.32 Å². The van der Waals surface area contributed by atoms with Crippen molar-refractivity contribution in [3.8, 4) is 5.69 Å². The van der Waals surface area contributed by atoms with Crippen LogP contribution in [0.1, 0.15) is 24.1 Å². The molecule has 2 aromatic rings. The first-order chi connectivity index (χ1) is 8.72. The second kappa shape index (κ2) is 4.82. The van der Waals surface area contributed by atoms with Crippen molar-refractivity contribution in [3.63, 3.8) is 0 Å². The lowest BCUT2D eigenvalue weighted by Gasteiger charge is -2.04. The predicted molar refractivity (Wildman–Crippen MR) is 73.7 cm³/mol. The highest BCUT2D eigenvalue weighted by atomic mass is 79.9. The molecule has 1 heterocycles. The number of rotatable bonds is 4. The third-order valence-corrected chi connectivity index (χ3v) is 3.71. The zero-order valence-electron chi connectivity index (χ0n) is 10.2. The molecule has 1 aromatic heterocycles. The van der Waals surface area contributed by atoms with Crippen LogP contribution in [0.2, 0.25) is 0 Å². The Kier molecular flexibility index (Phi) is 3.18. The van der Waals surface area contributed by atoms with Crippen LogP contribution in [0.25, 0.3) is 5.69 Å². The highest BCUT2D eigenvalue weighted by Gasteiger charge is 2.20. The average Bonchev–Trinajstić information content (AvgIpc) is 3.08. The Bertz CT molecular complexity index is 560. The minimum absolute atomic E-state index is 0.695. The molecular formula is C13H15BrN4. The van der Waals surface area contributed by atoms with Crippen LogP contribution >= 0.6 is 15.9 Å². The number of nitrogens with one attached hydrogen (secondary N) is 1. The Labute approximate surface area is 115 Å². The lowest BCUT2D eigenvalue weighted by atomic mass is 10.2. The summed E-state index contributed by atoms with van der Waals surface area (Å²) in [6.45, 7) is 2.87. The van der Waals surface area contributed by atoms with Gasteiger partial charge >= 0.3 is 0 Å². The number of halogens is 1. The topological polar surface area (TPSA) is 42.7 Å². The molecule has 1 fully saturated rings. The zero-order valence-corrected chi connectivity index (χ0v) is 11.8. The van der Waals surface area contributed by atoms with E-state index in [4.69, 9.17) is 0 Å². The quantitative estimate of drug-likeness (QED) is 0.944. The molecule has 1 aromatic carbocycles. The minimum atomic E-state index is 0.695. The molecule has 0 atom stereocenters. The molecule has 4 nitrogen and oxygen atoms in total. The van der Waals surface area contributed by atoms with E-state index in [1.807, 2.05) is 16.9 Å². The van der Waals surface area contributed by atoms with E-state index in [0.717, 1.165) is 22.4 Å². The number of hydrogen-bond donors (Lipinski definition) is 1. The van der Waals surface area contributed by atoms with E-state index in [1.165, 1.54) is 18.4 Å². The molecule has 3 rings (SSSR count). The van der Waals surface area contributed by atoms with Crippen molar-refractivity contribution < 1.29 is 0 Å². The van der Waals surface area contributed by atoms with Crippen molar-refractivity contribution in [2.24, 2.45) is 0 Å². The van der Waals surface area contributed by atoms with E-state index in [-0.39, 0.29) is 0 Å². The molecule has 94 valence electrons. The summed E-state index contributed by atoms with van der Waals surface area (Å²) < 4.78 is 2.85. The van der Waals surface area contributed by atoms with Gasteiger partial charge in [-0.15, -0.1) is 5.10 Å². The van der Waals surface area contributed by atoms with Gasteiger partial charge in [0.2, 0.25) is 0 Å². The molecule has 0 saturated heterocycles. The van der Waals surface area contributed by atoms with Gasteiger partial charge in [-0.25, -0.2) is 4.68 Å². The fourth-order valence-electron chi connectivity index (χ4n) is 1.83. The molecule has 1 aliphatic carbocycles. The van der Waals surface area contributed by atoms with Gasteiger partial charge in [0.05, 0.1) is 17.6 Å². The molecule has 1 N–H and O–H groups in total. The van der Waals surface area contributed by atoms with Crippen LogP contribution in [0.4, 0.5) is 0 Å². The van der Waals surface area contributed by atoms with Crippen LogP contribution < -0.4 is 5.32 Å². The zero-order chi connectivity index (χ0) is 12.5. The summed E-state index contributed by atoms with van der Waals surface area (Å²) in [5.74, 6) is 0. The van der Waals surface area contributed by atoms with Crippen molar-refractivity contribution in [3.05, 3.63) is 40.1 Å². The average molecular weight is 307 g/mol. The van der Waals surface area contributed by atoms with E-state index < -0.39 is 0 Å². The van der Waals surface area contributed by atoms with Crippen molar-refractivity contribution in [2.45, 2.75) is 32.4 Å². The Hall–Kier alpha value is -1.20. The summed E-state index contributed by atoms with van der Waals surface area (Å²) in [6, 6.07) is 6.90. The van der Waals surface area contributed by atoms with Gasteiger partial charge in [0.15, 0.2) is 0 Å². The molecule has 0 bridgehead atoms. The highest BCUT2D eigenvalue weighted by molar-refractivity contribution is 9.10. The first-order valence-corrected chi connectivity index (χ1v) is 6.93. The van der Waals surface area contributed by atoms with Crippen molar-refractivity contribution in [1.29, 1.82) is 0 Å². The molecule has 1 aliphatic rings. The van der Waals surface area contributed by atoms with Gasteiger partial charge in [-0.1, -0.05) is 11.3 Å². The van der Waals surface area contributed by atoms with Crippen LogP contribution in [0.15, 0.2) is 28.9 Å². The van der Waals surface area contributed by atoms with Gasteiger partial charge in [-0.3, -0.25) is 0 Å². The minimum Gasteiger partial charge on any atom is -0.308 e. The van der Waals surface area contributed by atoms with Crippen LogP contribution in [0, 0.1) is 6.92 Å². The summed E-state index contributed by atoms with van der Waals surface area (Å²) >= 11 is 3.54. The Morgan fingerprint density at radius 2 is 2.28 bits per heavy atom. The van der Waals surface area contributed by atoms with E-state index in [2.05, 4.69) is 50.6 Å². The summed E-state index contributed by atoms with van der Waals surface area (Å²) in [7, 11) is 0. The number of aryl methyl sites for hydroxylation is 1.